The Morgan fingerprint density at radius 3 is 2.53 bits per heavy atom. The lowest BCUT2D eigenvalue weighted by Gasteiger charge is -2.09. The molecule has 3 rings (SSSR count). The average molecular weight is 250 g/mol. The fourth-order valence-electron chi connectivity index (χ4n) is 2.09. The predicted octanol–water partition coefficient (Wildman–Crippen LogP) is 3.00. The molecular formula is C15H10N2O2. The molecule has 92 valence electrons. The molecule has 1 N–H and O–H groups in total. The van der Waals surface area contributed by atoms with Crippen LogP contribution in [0, 0.1) is 0 Å². The number of benzene rings is 1. The van der Waals surface area contributed by atoms with E-state index in [1.807, 2.05) is 30.3 Å². The van der Waals surface area contributed by atoms with Gasteiger partial charge in [0.05, 0.1) is 16.8 Å². The number of aromatic nitrogens is 2. The first-order valence-corrected chi connectivity index (χ1v) is 5.80. The molecule has 0 saturated heterocycles. The predicted molar refractivity (Wildman–Crippen MR) is 71.9 cm³/mol. The van der Waals surface area contributed by atoms with Gasteiger partial charge in [0, 0.05) is 23.3 Å². The number of hydrogen-bond donors (Lipinski definition) is 1. The summed E-state index contributed by atoms with van der Waals surface area (Å²) in [7, 11) is 0. The van der Waals surface area contributed by atoms with Crippen LogP contribution in [-0.4, -0.2) is 21.0 Å². The largest absolute Gasteiger partial charge is 0.478 e. The van der Waals surface area contributed by atoms with Gasteiger partial charge in [-0.1, -0.05) is 24.3 Å². The van der Waals surface area contributed by atoms with Gasteiger partial charge in [-0.15, -0.1) is 0 Å². The van der Waals surface area contributed by atoms with Gasteiger partial charge in [0.15, 0.2) is 0 Å². The van der Waals surface area contributed by atoms with Crippen LogP contribution in [0.15, 0.2) is 54.9 Å². The molecule has 0 aliphatic heterocycles. The van der Waals surface area contributed by atoms with E-state index in [9.17, 15) is 9.90 Å². The van der Waals surface area contributed by atoms with Gasteiger partial charge in [-0.25, -0.2) is 4.79 Å². The maximum absolute atomic E-state index is 11.4. The molecule has 0 saturated carbocycles. The Hall–Kier alpha value is -2.75. The minimum atomic E-state index is -1.00. The van der Waals surface area contributed by atoms with Crippen molar-refractivity contribution in [2.45, 2.75) is 0 Å². The summed E-state index contributed by atoms with van der Waals surface area (Å²) < 4.78 is 0. The zero-order valence-electron chi connectivity index (χ0n) is 9.95. The van der Waals surface area contributed by atoms with Gasteiger partial charge < -0.3 is 5.11 Å². The summed E-state index contributed by atoms with van der Waals surface area (Å²) in [5, 5.41) is 10.1. The molecule has 0 radical (unpaired) electrons. The summed E-state index contributed by atoms with van der Waals surface area (Å²) in [6.45, 7) is 0. The second kappa shape index (κ2) is 4.49. The summed E-state index contributed by atoms with van der Waals surface area (Å²) in [5.74, 6) is -1.00. The molecule has 4 nitrogen and oxygen atoms in total. The van der Waals surface area contributed by atoms with Crippen molar-refractivity contribution in [2.75, 3.05) is 0 Å². The molecule has 2 aromatic heterocycles. The van der Waals surface area contributed by atoms with Crippen molar-refractivity contribution >= 4 is 16.9 Å². The minimum Gasteiger partial charge on any atom is -0.478 e. The van der Waals surface area contributed by atoms with Gasteiger partial charge in [-0.05, 0) is 18.2 Å². The van der Waals surface area contributed by atoms with Gasteiger partial charge in [-0.2, -0.15) is 0 Å². The van der Waals surface area contributed by atoms with Gasteiger partial charge in [0.25, 0.3) is 0 Å². The Morgan fingerprint density at radius 2 is 1.79 bits per heavy atom. The van der Waals surface area contributed by atoms with Crippen LogP contribution in [0.4, 0.5) is 0 Å². The first-order valence-electron chi connectivity index (χ1n) is 5.80. The Balaban J connectivity index is 2.42. The van der Waals surface area contributed by atoms with Crippen LogP contribution in [0.1, 0.15) is 10.4 Å². The molecule has 0 aliphatic carbocycles. The van der Waals surface area contributed by atoms with E-state index >= 15 is 0 Å². The highest BCUT2D eigenvalue weighted by molar-refractivity contribution is 6.05. The zero-order valence-corrected chi connectivity index (χ0v) is 9.95. The van der Waals surface area contributed by atoms with E-state index in [4.69, 9.17) is 0 Å². The Labute approximate surface area is 109 Å². The number of pyridine rings is 2. The number of hydrogen-bond acceptors (Lipinski definition) is 3. The summed E-state index contributed by atoms with van der Waals surface area (Å²) in [6.07, 6.45) is 3.03. The third kappa shape index (κ3) is 1.93. The van der Waals surface area contributed by atoms with Crippen molar-refractivity contribution in [3.8, 4) is 11.3 Å². The summed E-state index contributed by atoms with van der Waals surface area (Å²) in [4.78, 5) is 19.8. The Bertz CT molecular complexity index is 754. The first-order chi connectivity index (χ1) is 9.27. The summed E-state index contributed by atoms with van der Waals surface area (Å²) >= 11 is 0. The monoisotopic (exact) mass is 250 g/mol. The van der Waals surface area contributed by atoms with Crippen LogP contribution < -0.4 is 0 Å². The molecule has 4 heteroatoms. The van der Waals surface area contributed by atoms with Crippen LogP contribution in [0.25, 0.3) is 22.2 Å². The molecule has 3 aromatic rings. The van der Waals surface area contributed by atoms with E-state index in [2.05, 4.69) is 9.97 Å². The van der Waals surface area contributed by atoms with Crippen LogP contribution in [0.2, 0.25) is 0 Å². The average Bonchev–Trinajstić information content (AvgIpc) is 2.46. The third-order valence-electron chi connectivity index (χ3n) is 2.93. The van der Waals surface area contributed by atoms with Crippen LogP contribution in [0.5, 0.6) is 0 Å². The topological polar surface area (TPSA) is 63.1 Å². The van der Waals surface area contributed by atoms with E-state index in [0.29, 0.717) is 11.3 Å². The molecule has 0 spiro atoms. The lowest BCUT2D eigenvalue weighted by atomic mass is 10.0. The van der Waals surface area contributed by atoms with Crippen molar-refractivity contribution in [1.29, 1.82) is 0 Å². The van der Waals surface area contributed by atoms with Gasteiger partial charge in [0.2, 0.25) is 0 Å². The number of nitrogens with zero attached hydrogens (tertiary/aromatic N) is 2. The zero-order chi connectivity index (χ0) is 13.2. The Morgan fingerprint density at radius 1 is 1.00 bits per heavy atom. The number of carboxylic acids is 1. The fourth-order valence-corrected chi connectivity index (χ4v) is 2.09. The lowest BCUT2D eigenvalue weighted by molar-refractivity contribution is 0.0697. The second-order valence-corrected chi connectivity index (χ2v) is 4.08. The molecule has 0 amide bonds. The lowest BCUT2D eigenvalue weighted by Crippen LogP contribution is -2.02. The van der Waals surface area contributed by atoms with Crippen molar-refractivity contribution in [3.05, 3.63) is 60.4 Å². The van der Waals surface area contributed by atoms with Crippen molar-refractivity contribution in [1.82, 2.24) is 9.97 Å². The van der Waals surface area contributed by atoms with Gasteiger partial charge in [-0.3, -0.25) is 9.97 Å². The second-order valence-electron chi connectivity index (χ2n) is 4.08. The van der Waals surface area contributed by atoms with Crippen LogP contribution in [-0.2, 0) is 0 Å². The smallest absolute Gasteiger partial charge is 0.337 e. The molecule has 0 unspecified atom stereocenters. The third-order valence-corrected chi connectivity index (χ3v) is 2.93. The number of fused-ring (bicyclic) bond motifs is 1. The number of para-hydroxylation sites is 1. The SMILES string of the molecule is O=C(O)c1cnc2ccccc2c1-c1ccccn1. The molecule has 2 heterocycles. The number of aromatic carboxylic acids is 1. The Kier molecular flexibility index (Phi) is 2.68. The highest BCUT2D eigenvalue weighted by atomic mass is 16.4. The molecule has 0 aliphatic rings. The fraction of sp³-hybridized carbons (Fsp3) is 0. The van der Waals surface area contributed by atoms with Crippen molar-refractivity contribution < 1.29 is 9.90 Å². The first kappa shape index (κ1) is 11.3. The van der Waals surface area contributed by atoms with Crippen molar-refractivity contribution in [2.24, 2.45) is 0 Å². The maximum Gasteiger partial charge on any atom is 0.337 e. The van der Waals surface area contributed by atoms with E-state index in [1.54, 1.807) is 18.3 Å². The van der Waals surface area contributed by atoms with E-state index < -0.39 is 5.97 Å². The molecule has 0 atom stereocenters. The summed E-state index contributed by atoms with van der Waals surface area (Å²) in [5.41, 5.74) is 2.17. The summed E-state index contributed by atoms with van der Waals surface area (Å²) in [6, 6.07) is 12.9. The highest BCUT2D eigenvalue weighted by Gasteiger charge is 2.16. The number of rotatable bonds is 2. The quantitative estimate of drug-likeness (QED) is 0.759. The van der Waals surface area contributed by atoms with Crippen LogP contribution >= 0.6 is 0 Å². The van der Waals surface area contributed by atoms with E-state index in [0.717, 1.165) is 10.9 Å². The van der Waals surface area contributed by atoms with Gasteiger partial charge >= 0.3 is 5.97 Å². The molecule has 19 heavy (non-hydrogen) atoms. The minimum absolute atomic E-state index is 0.164. The maximum atomic E-state index is 11.4. The number of carboxylic acid groups (broad SMARTS) is 1. The van der Waals surface area contributed by atoms with Crippen LogP contribution in [0.3, 0.4) is 0 Å². The molecule has 1 aromatic carbocycles. The molecule has 0 bridgehead atoms. The number of carbonyl (C=O) groups is 1. The van der Waals surface area contributed by atoms with E-state index in [1.165, 1.54) is 6.20 Å². The van der Waals surface area contributed by atoms with Crippen molar-refractivity contribution in [3.63, 3.8) is 0 Å². The normalized spacial score (nSPS) is 10.5. The van der Waals surface area contributed by atoms with E-state index in [-0.39, 0.29) is 5.56 Å². The highest BCUT2D eigenvalue weighted by Crippen LogP contribution is 2.29. The standard InChI is InChI=1S/C15H10N2O2/c18-15(19)11-9-17-12-6-2-1-5-10(12)14(11)13-7-3-4-8-16-13/h1-9H,(H,18,19). The molecular weight excluding hydrogens is 240 g/mol. The molecule has 0 fully saturated rings. The van der Waals surface area contributed by atoms with Gasteiger partial charge in [0.1, 0.15) is 0 Å².